The molecule has 0 saturated carbocycles. The van der Waals surface area contributed by atoms with Crippen molar-refractivity contribution < 1.29 is 9.53 Å². The predicted octanol–water partition coefficient (Wildman–Crippen LogP) is 0.728. The highest BCUT2D eigenvalue weighted by atomic mass is 16.5. The molecule has 1 aliphatic rings. The molecule has 1 heterocycles. The number of amides is 1. The van der Waals surface area contributed by atoms with Crippen LogP contribution >= 0.6 is 0 Å². The first-order valence-electron chi connectivity index (χ1n) is 7.12. The topological polar surface area (TPSA) is 67.6 Å². The summed E-state index contributed by atoms with van der Waals surface area (Å²) in [5.41, 5.74) is 5.65. The Labute approximate surface area is 116 Å². The smallest absolute Gasteiger partial charge is 0.222 e. The van der Waals surface area contributed by atoms with E-state index in [1.165, 1.54) is 0 Å². The summed E-state index contributed by atoms with van der Waals surface area (Å²) in [6, 6.07) is 0.0937. The molecular formula is C14H29N3O2. The summed E-state index contributed by atoms with van der Waals surface area (Å²) in [4.78, 5) is 14.3. The van der Waals surface area contributed by atoms with Crippen LogP contribution in [0.5, 0.6) is 0 Å². The summed E-state index contributed by atoms with van der Waals surface area (Å²) in [7, 11) is 0. The van der Waals surface area contributed by atoms with Crippen LogP contribution in [-0.2, 0) is 9.53 Å². The van der Waals surface area contributed by atoms with Crippen molar-refractivity contribution in [2.75, 3.05) is 19.6 Å². The zero-order valence-corrected chi connectivity index (χ0v) is 12.9. The van der Waals surface area contributed by atoms with Crippen molar-refractivity contribution in [2.24, 2.45) is 5.73 Å². The number of nitrogens with zero attached hydrogens (tertiary/aromatic N) is 1. The lowest BCUT2D eigenvalue weighted by Crippen LogP contribution is -2.54. The van der Waals surface area contributed by atoms with Gasteiger partial charge >= 0.3 is 0 Å². The fourth-order valence-corrected chi connectivity index (χ4v) is 2.56. The van der Waals surface area contributed by atoms with E-state index in [9.17, 15) is 4.79 Å². The quantitative estimate of drug-likeness (QED) is 0.791. The van der Waals surface area contributed by atoms with Crippen LogP contribution in [0.25, 0.3) is 0 Å². The van der Waals surface area contributed by atoms with Gasteiger partial charge in [0, 0.05) is 37.6 Å². The summed E-state index contributed by atoms with van der Waals surface area (Å²) in [5, 5.41) is 2.99. The van der Waals surface area contributed by atoms with Gasteiger partial charge in [-0.3, -0.25) is 9.69 Å². The van der Waals surface area contributed by atoms with Crippen molar-refractivity contribution in [1.29, 1.82) is 0 Å². The van der Waals surface area contributed by atoms with Gasteiger partial charge < -0.3 is 15.8 Å². The zero-order valence-electron chi connectivity index (χ0n) is 12.9. The molecular weight excluding hydrogens is 242 g/mol. The van der Waals surface area contributed by atoms with Crippen molar-refractivity contribution in [3.05, 3.63) is 0 Å². The molecule has 0 aliphatic carbocycles. The zero-order chi connectivity index (χ0) is 14.6. The molecule has 0 aromatic carbocycles. The maximum atomic E-state index is 12.0. The molecule has 5 nitrogen and oxygen atoms in total. The molecule has 3 atom stereocenters. The third kappa shape index (κ3) is 5.89. The summed E-state index contributed by atoms with van der Waals surface area (Å²) in [5.74, 6) is 0.0646. The molecule has 112 valence electrons. The van der Waals surface area contributed by atoms with Crippen molar-refractivity contribution in [2.45, 2.75) is 64.8 Å². The summed E-state index contributed by atoms with van der Waals surface area (Å²) < 4.78 is 5.71. The Kier molecular flexibility index (Phi) is 5.77. The van der Waals surface area contributed by atoms with Crippen LogP contribution in [0.15, 0.2) is 0 Å². The number of nitrogens with one attached hydrogen (secondary N) is 1. The van der Waals surface area contributed by atoms with Gasteiger partial charge in [-0.15, -0.1) is 0 Å². The van der Waals surface area contributed by atoms with E-state index in [1.807, 2.05) is 20.8 Å². The molecule has 1 fully saturated rings. The second-order valence-electron chi connectivity index (χ2n) is 6.60. The van der Waals surface area contributed by atoms with E-state index >= 15 is 0 Å². The van der Waals surface area contributed by atoms with Gasteiger partial charge in [0.25, 0.3) is 0 Å². The van der Waals surface area contributed by atoms with Crippen LogP contribution in [0.1, 0.15) is 41.0 Å². The van der Waals surface area contributed by atoms with Gasteiger partial charge in [-0.1, -0.05) is 0 Å². The Morgan fingerprint density at radius 2 is 1.89 bits per heavy atom. The molecule has 0 radical (unpaired) electrons. The van der Waals surface area contributed by atoms with Crippen molar-refractivity contribution in [3.8, 4) is 0 Å². The Bertz CT molecular complexity index is 292. The molecule has 0 bridgehead atoms. The van der Waals surface area contributed by atoms with E-state index in [-0.39, 0.29) is 29.7 Å². The van der Waals surface area contributed by atoms with Crippen LogP contribution in [0, 0.1) is 0 Å². The Morgan fingerprint density at radius 3 is 2.32 bits per heavy atom. The number of morpholine rings is 1. The minimum atomic E-state index is -0.193. The predicted molar refractivity (Wildman–Crippen MR) is 76.9 cm³/mol. The van der Waals surface area contributed by atoms with Crippen LogP contribution in [0.3, 0.4) is 0 Å². The van der Waals surface area contributed by atoms with Crippen molar-refractivity contribution >= 4 is 5.91 Å². The lowest BCUT2D eigenvalue weighted by molar-refractivity contribution is -0.125. The third-order valence-electron chi connectivity index (χ3n) is 3.17. The van der Waals surface area contributed by atoms with Crippen molar-refractivity contribution in [3.63, 3.8) is 0 Å². The molecule has 5 heteroatoms. The van der Waals surface area contributed by atoms with Crippen molar-refractivity contribution in [1.82, 2.24) is 10.2 Å². The number of rotatable bonds is 4. The van der Waals surface area contributed by atoms with E-state index in [2.05, 4.69) is 24.1 Å². The number of nitrogens with two attached hydrogens (primary N) is 1. The van der Waals surface area contributed by atoms with Crippen LogP contribution in [0.4, 0.5) is 0 Å². The molecule has 19 heavy (non-hydrogen) atoms. The van der Waals surface area contributed by atoms with Crippen LogP contribution < -0.4 is 11.1 Å². The molecule has 1 aliphatic heterocycles. The van der Waals surface area contributed by atoms with Gasteiger partial charge in [-0.05, 0) is 34.6 Å². The molecule has 0 aromatic heterocycles. The molecule has 0 aromatic rings. The maximum absolute atomic E-state index is 12.0. The fraction of sp³-hybridized carbons (Fsp3) is 0.929. The second-order valence-corrected chi connectivity index (χ2v) is 6.60. The largest absolute Gasteiger partial charge is 0.373 e. The average molecular weight is 271 g/mol. The van der Waals surface area contributed by atoms with E-state index in [0.717, 1.165) is 13.1 Å². The molecule has 1 unspecified atom stereocenters. The standard InChI is InChI=1S/C14H29N3O2/c1-10-8-17(9-11(2)19-10)12(7-15)6-13(18)16-14(3,4)5/h10-12H,6-9,15H2,1-5H3,(H,16,18)/t10-,11+,12?. The van der Waals surface area contributed by atoms with Crippen LogP contribution in [-0.4, -0.2) is 54.2 Å². The van der Waals surface area contributed by atoms with Gasteiger partial charge in [0.15, 0.2) is 0 Å². The van der Waals surface area contributed by atoms with Gasteiger partial charge in [0.2, 0.25) is 5.91 Å². The van der Waals surface area contributed by atoms with E-state index in [1.54, 1.807) is 0 Å². The third-order valence-corrected chi connectivity index (χ3v) is 3.17. The summed E-state index contributed by atoms with van der Waals surface area (Å²) in [6.07, 6.45) is 0.847. The summed E-state index contributed by atoms with van der Waals surface area (Å²) in [6.45, 7) is 12.3. The van der Waals surface area contributed by atoms with Gasteiger partial charge in [0.1, 0.15) is 0 Å². The number of carbonyl (C=O) groups is 1. The van der Waals surface area contributed by atoms with Gasteiger partial charge in [0.05, 0.1) is 12.2 Å². The normalized spacial score (nSPS) is 27.1. The second kappa shape index (κ2) is 6.68. The average Bonchev–Trinajstić information content (AvgIpc) is 2.21. The lowest BCUT2D eigenvalue weighted by Gasteiger charge is -2.39. The Hall–Kier alpha value is -0.650. The van der Waals surface area contributed by atoms with Gasteiger partial charge in [-0.25, -0.2) is 0 Å². The fourth-order valence-electron chi connectivity index (χ4n) is 2.56. The number of hydrogen-bond donors (Lipinski definition) is 2. The molecule has 3 N–H and O–H groups in total. The Balaban J connectivity index is 2.55. The lowest BCUT2D eigenvalue weighted by atomic mass is 10.1. The minimum absolute atomic E-state index is 0.0646. The maximum Gasteiger partial charge on any atom is 0.222 e. The number of carbonyl (C=O) groups excluding carboxylic acids is 1. The van der Waals surface area contributed by atoms with E-state index in [0.29, 0.717) is 13.0 Å². The van der Waals surface area contributed by atoms with Crippen LogP contribution in [0.2, 0.25) is 0 Å². The highest BCUT2D eigenvalue weighted by molar-refractivity contribution is 5.77. The molecule has 1 rings (SSSR count). The summed E-state index contributed by atoms with van der Waals surface area (Å²) >= 11 is 0. The first-order valence-corrected chi connectivity index (χ1v) is 7.12. The molecule has 1 amide bonds. The molecule has 0 spiro atoms. The van der Waals surface area contributed by atoms with E-state index < -0.39 is 0 Å². The van der Waals surface area contributed by atoms with Gasteiger partial charge in [-0.2, -0.15) is 0 Å². The highest BCUT2D eigenvalue weighted by Gasteiger charge is 2.29. The van der Waals surface area contributed by atoms with E-state index in [4.69, 9.17) is 10.5 Å². The first kappa shape index (κ1) is 16.4. The first-order chi connectivity index (χ1) is 8.71. The number of hydrogen-bond acceptors (Lipinski definition) is 4. The minimum Gasteiger partial charge on any atom is -0.373 e. The SMILES string of the molecule is C[C@@H]1CN(C(CN)CC(=O)NC(C)(C)C)C[C@H](C)O1. The number of ether oxygens (including phenoxy) is 1. The molecule has 1 saturated heterocycles. The monoisotopic (exact) mass is 271 g/mol. The highest BCUT2D eigenvalue weighted by Crippen LogP contribution is 2.15. The Morgan fingerprint density at radius 1 is 1.37 bits per heavy atom.